The van der Waals surface area contributed by atoms with Crippen LogP contribution in [0.1, 0.15) is 22.7 Å². The van der Waals surface area contributed by atoms with Gasteiger partial charge in [-0.25, -0.2) is 14.8 Å². The van der Waals surface area contributed by atoms with Crippen LogP contribution >= 0.6 is 22.6 Å². The van der Waals surface area contributed by atoms with Crippen molar-refractivity contribution in [1.29, 1.82) is 10.5 Å². The summed E-state index contributed by atoms with van der Waals surface area (Å²) in [5.74, 6) is 0.474. The van der Waals surface area contributed by atoms with E-state index >= 15 is 0 Å². The first-order valence-corrected chi connectivity index (χ1v) is 9.98. The second kappa shape index (κ2) is 9.44. The van der Waals surface area contributed by atoms with E-state index < -0.39 is 12.0 Å². The fraction of sp³-hybridized carbons (Fsp3) is 0.211. The summed E-state index contributed by atoms with van der Waals surface area (Å²) in [6.07, 6.45) is 1.79. The highest BCUT2D eigenvalue weighted by atomic mass is 127. The number of rotatable bonds is 5. The number of anilines is 3. The van der Waals surface area contributed by atoms with Gasteiger partial charge in [0.25, 0.3) is 0 Å². The third kappa shape index (κ3) is 4.23. The molecule has 3 rings (SSSR count). The van der Waals surface area contributed by atoms with Crippen molar-refractivity contribution in [2.45, 2.75) is 6.04 Å². The van der Waals surface area contributed by atoms with Crippen molar-refractivity contribution in [2.75, 3.05) is 37.6 Å². The molecule has 0 saturated heterocycles. The Bertz CT molecular complexity index is 1200. The third-order valence-corrected chi connectivity index (χ3v) is 5.29. The maximum atomic E-state index is 11.5. The third-order valence-electron chi connectivity index (χ3n) is 4.49. The van der Waals surface area contributed by atoms with Gasteiger partial charge in [0.15, 0.2) is 24.3 Å². The minimum Gasteiger partial charge on any atom is -0.493 e. The first-order chi connectivity index (χ1) is 15.3. The molecule has 1 aliphatic rings. The van der Waals surface area contributed by atoms with Crippen LogP contribution in [-0.4, -0.2) is 37.7 Å². The first-order valence-electron chi connectivity index (χ1n) is 8.90. The lowest BCUT2D eigenvalue weighted by molar-refractivity contribution is -0.142. The Labute approximate surface area is 196 Å². The van der Waals surface area contributed by atoms with Crippen LogP contribution in [0.5, 0.6) is 11.5 Å². The van der Waals surface area contributed by atoms with Crippen molar-refractivity contribution in [3.05, 3.63) is 32.4 Å². The van der Waals surface area contributed by atoms with Crippen molar-refractivity contribution in [2.24, 2.45) is 4.99 Å². The molecule has 13 heteroatoms. The number of esters is 1. The van der Waals surface area contributed by atoms with Gasteiger partial charge in [0.1, 0.15) is 29.3 Å². The van der Waals surface area contributed by atoms with Gasteiger partial charge in [0.2, 0.25) is 5.96 Å². The second-order valence-electron chi connectivity index (χ2n) is 6.30. The molecule has 0 bridgehead atoms. The Kier molecular flexibility index (Phi) is 6.70. The average Bonchev–Trinajstić information content (AvgIpc) is 2.77. The molecular weight excluding hydrogens is 531 g/mol. The normalized spacial score (nSPS) is 14.0. The highest BCUT2D eigenvalue weighted by Gasteiger charge is 2.31. The number of halogens is 1. The zero-order chi connectivity index (χ0) is 23.4. The van der Waals surface area contributed by atoms with Crippen molar-refractivity contribution in [3.63, 3.8) is 0 Å². The molecule has 6 N–H and O–H groups in total. The average molecular weight is 548 g/mol. The lowest BCUT2D eigenvalue weighted by atomic mass is 9.95. The summed E-state index contributed by atoms with van der Waals surface area (Å²) in [5, 5.41) is 23.8. The van der Waals surface area contributed by atoms with Gasteiger partial charge in [-0.15, -0.1) is 0 Å². The zero-order valence-corrected chi connectivity index (χ0v) is 19.1. The smallest absolute Gasteiger partial charge is 0.343 e. The number of nitriles is 2. The van der Waals surface area contributed by atoms with Gasteiger partial charge in [0, 0.05) is 5.56 Å². The maximum absolute atomic E-state index is 11.5. The van der Waals surface area contributed by atoms with Crippen molar-refractivity contribution in [1.82, 2.24) is 10.3 Å². The predicted molar refractivity (Wildman–Crippen MR) is 123 cm³/mol. The van der Waals surface area contributed by atoms with Crippen LogP contribution in [0.3, 0.4) is 0 Å². The SMILES string of the molecule is COC(=O)COc1c(I)cc(C2N=C(NC#N)Nc3nc(N)c(C#N)c(N)c32)cc1OC. The Morgan fingerprint density at radius 2 is 2.09 bits per heavy atom. The molecule has 0 spiro atoms. The van der Waals surface area contributed by atoms with E-state index in [2.05, 4.69) is 25.3 Å². The summed E-state index contributed by atoms with van der Waals surface area (Å²) in [6.45, 7) is -0.297. The number of hydrogen-bond acceptors (Lipinski definition) is 12. The quantitative estimate of drug-likeness (QED) is 0.182. The number of pyridine rings is 1. The van der Waals surface area contributed by atoms with E-state index in [-0.39, 0.29) is 35.5 Å². The molecule has 1 atom stereocenters. The Balaban J connectivity index is 2.16. The fourth-order valence-electron chi connectivity index (χ4n) is 3.05. The van der Waals surface area contributed by atoms with Crippen LogP contribution in [-0.2, 0) is 9.53 Å². The van der Waals surface area contributed by atoms with Gasteiger partial charge in [-0.2, -0.15) is 10.5 Å². The van der Waals surface area contributed by atoms with E-state index in [1.165, 1.54) is 14.2 Å². The van der Waals surface area contributed by atoms with E-state index in [4.69, 9.17) is 26.2 Å². The minimum atomic E-state index is -0.751. The highest BCUT2D eigenvalue weighted by molar-refractivity contribution is 14.1. The number of guanidine groups is 1. The summed E-state index contributed by atoms with van der Waals surface area (Å²) < 4.78 is 16.2. The number of benzene rings is 1. The van der Waals surface area contributed by atoms with Crippen molar-refractivity contribution >= 4 is 51.8 Å². The van der Waals surface area contributed by atoms with Crippen LogP contribution in [0.4, 0.5) is 17.3 Å². The molecule has 0 fully saturated rings. The fourth-order valence-corrected chi connectivity index (χ4v) is 3.83. The van der Waals surface area contributed by atoms with E-state index in [1.807, 2.05) is 28.7 Å². The van der Waals surface area contributed by atoms with Gasteiger partial charge >= 0.3 is 5.97 Å². The number of fused-ring (bicyclic) bond motifs is 1. The number of methoxy groups -OCH3 is 2. The van der Waals surface area contributed by atoms with Crippen LogP contribution in [0.25, 0.3) is 0 Å². The Morgan fingerprint density at radius 3 is 2.72 bits per heavy atom. The molecule has 2 heterocycles. The molecule has 12 nitrogen and oxygen atoms in total. The molecule has 1 aromatic heterocycles. The topological polar surface area (TPSA) is 194 Å². The zero-order valence-electron chi connectivity index (χ0n) is 16.9. The molecule has 1 unspecified atom stereocenters. The molecule has 0 radical (unpaired) electrons. The molecular formula is C19H17IN8O4. The summed E-state index contributed by atoms with van der Waals surface area (Å²) in [7, 11) is 2.71. The van der Waals surface area contributed by atoms with E-state index in [1.54, 1.807) is 18.3 Å². The first kappa shape index (κ1) is 22.7. The van der Waals surface area contributed by atoms with Crippen LogP contribution in [0.15, 0.2) is 17.1 Å². The van der Waals surface area contributed by atoms with E-state index in [9.17, 15) is 10.1 Å². The number of aromatic nitrogens is 1. The maximum Gasteiger partial charge on any atom is 0.343 e. The van der Waals surface area contributed by atoms with Crippen LogP contribution in [0.2, 0.25) is 0 Å². The van der Waals surface area contributed by atoms with Gasteiger partial charge in [-0.3, -0.25) is 5.32 Å². The standard InChI is InChI=1S/C19H17IN8O4/c1-30-11-4-8(3-10(20)16(11)32-6-12(29)31-2)15-13-14(23)9(5-21)17(24)27-18(13)28-19(26-15)25-7-22/h3-4,15H,6H2,1-2H3,(H6,23,24,25,26,27,28). The summed E-state index contributed by atoms with van der Waals surface area (Å²) in [6, 6.07) is 4.61. The number of hydrogen-bond donors (Lipinski definition) is 4. The molecule has 0 aliphatic carbocycles. The van der Waals surface area contributed by atoms with Crippen molar-refractivity contribution < 1.29 is 19.0 Å². The van der Waals surface area contributed by atoms with E-state index in [0.29, 0.717) is 26.2 Å². The Hall–Kier alpha value is -3.98. The molecule has 1 aliphatic heterocycles. The van der Waals surface area contributed by atoms with Crippen LogP contribution < -0.4 is 31.6 Å². The largest absolute Gasteiger partial charge is 0.493 e. The molecule has 2 aromatic rings. The second-order valence-corrected chi connectivity index (χ2v) is 7.46. The van der Waals surface area contributed by atoms with E-state index in [0.717, 1.165) is 0 Å². The molecule has 1 aromatic carbocycles. The summed E-state index contributed by atoms with van der Waals surface area (Å²) >= 11 is 2.03. The number of carbonyl (C=O) groups excluding carboxylic acids is 1. The predicted octanol–water partition coefficient (Wildman–Crippen LogP) is 1.22. The van der Waals surface area contributed by atoms with Gasteiger partial charge in [-0.05, 0) is 40.3 Å². The molecule has 164 valence electrons. The molecule has 0 saturated carbocycles. The number of nitrogen functional groups attached to an aromatic ring is 2. The molecule has 32 heavy (non-hydrogen) atoms. The van der Waals surface area contributed by atoms with Gasteiger partial charge in [0.05, 0.1) is 23.5 Å². The summed E-state index contributed by atoms with van der Waals surface area (Å²) in [4.78, 5) is 20.2. The van der Waals surface area contributed by atoms with Gasteiger partial charge in [-0.1, -0.05) is 0 Å². The number of nitrogens with two attached hydrogens (primary N) is 2. The lowest BCUT2D eigenvalue weighted by Gasteiger charge is -2.27. The lowest BCUT2D eigenvalue weighted by Crippen LogP contribution is -2.32. The number of ether oxygens (including phenoxy) is 3. The number of aliphatic imine (C=N–C) groups is 1. The van der Waals surface area contributed by atoms with Crippen LogP contribution in [0, 0.1) is 26.4 Å². The Morgan fingerprint density at radius 1 is 1.34 bits per heavy atom. The number of nitrogens with one attached hydrogen (secondary N) is 2. The van der Waals surface area contributed by atoms with Crippen molar-refractivity contribution in [3.8, 4) is 23.8 Å². The summed E-state index contributed by atoms with van der Waals surface area (Å²) in [5.41, 5.74) is 13.3. The molecule has 0 amide bonds. The van der Waals surface area contributed by atoms with Gasteiger partial charge < -0.3 is 31.0 Å². The number of carbonyl (C=O) groups is 1. The number of nitrogens with zero attached hydrogens (tertiary/aromatic N) is 4. The highest BCUT2D eigenvalue weighted by Crippen LogP contribution is 2.43. The minimum absolute atomic E-state index is 0.0298. The monoisotopic (exact) mass is 548 g/mol.